The van der Waals surface area contributed by atoms with Crippen LogP contribution in [-0.2, 0) is 7.05 Å². The third-order valence-corrected chi connectivity index (χ3v) is 5.53. The Morgan fingerprint density at radius 1 is 1.42 bits per heavy atom. The SMILES string of the molecule is Cn1nccc1C(=O)N1C[C@H]2CCC[C@@]2(COc2cccnc2)C1. The minimum Gasteiger partial charge on any atom is -0.491 e. The van der Waals surface area contributed by atoms with Crippen molar-refractivity contribution in [3.8, 4) is 5.75 Å². The standard InChI is InChI=1S/C18H22N4O2/c1-21-16(6-9-20-21)17(23)22-11-14-4-2-7-18(14,12-22)13-24-15-5-3-8-19-10-15/h3,5-6,8-10,14H,2,4,7,11-13H2,1H3/t14-,18+/m1/s1. The number of carbonyl (C=O) groups is 1. The summed E-state index contributed by atoms with van der Waals surface area (Å²) in [5.41, 5.74) is 0.725. The zero-order chi connectivity index (χ0) is 16.6. The van der Waals surface area contributed by atoms with E-state index in [2.05, 4.69) is 10.1 Å². The molecule has 24 heavy (non-hydrogen) atoms. The van der Waals surface area contributed by atoms with Gasteiger partial charge in [0.1, 0.15) is 11.4 Å². The van der Waals surface area contributed by atoms with E-state index in [4.69, 9.17) is 4.74 Å². The zero-order valence-electron chi connectivity index (χ0n) is 13.9. The third kappa shape index (κ3) is 2.56. The fraction of sp³-hybridized carbons (Fsp3) is 0.500. The Hall–Kier alpha value is -2.37. The van der Waals surface area contributed by atoms with Gasteiger partial charge in [-0.25, -0.2) is 0 Å². The van der Waals surface area contributed by atoms with Gasteiger partial charge >= 0.3 is 0 Å². The molecule has 2 aromatic heterocycles. The Balaban J connectivity index is 1.49. The lowest BCUT2D eigenvalue weighted by Crippen LogP contribution is -2.36. The molecule has 6 heteroatoms. The van der Waals surface area contributed by atoms with Crippen molar-refractivity contribution in [2.45, 2.75) is 19.3 Å². The van der Waals surface area contributed by atoms with Crippen molar-refractivity contribution in [2.75, 3.05) is 19.7 Å². The number of nitrogens with zero attached hydrogens (tertiary/aromatic N) is 4. The van der Waals surface area contributed by atoms with Gasteiger partial charge < -0.3 is 9.64 Å². The molecule has 2 aliphatic rings. The van der Waals surface area contributed by atoms with Crippen LogP contribution in [0.4, 0.5) is 0 Å². The van der Waals surface area contributed by atoms with E-state index >= 15 is 0 Å². The first-order valence-corrected chi connectivity index (χ1v) is 8.48. The number of fused-ring (bicyclic) bond motifs is 1. The van der Waals surface area contributed by atoms with E-state index < -0.39 is 0 Å². The van der Waals surface area contributed by atoms with Crippen LogP contribution >= 0.6 is 0 Å². The molecule has 3 heterocycles. The van der Waals surface area contributed by atoms with Crippen LogP contribution in [-0.4, -0.2) is 45.3 Å². The summed E-state index contributed by atoms with van der Waals surface area (Å²) >= 11 is 0. The van der Waals surface area contributed by atoms with Crippen molar-refractivity contribution in [3.05, 3.63) is 42.5 Å². The number of hydrogen-bond donors (Lipinski definition) is 0. The quantitative estimate of drug-likeness (QED) is 0.864. The largest absolute Gasteiger partial charge is 0.491 e. The molecule has 1 saturated heterocycles. The molecular weight excluding hydrogens is 304 g/mol. The lowest BCUT2D eigenvalue weighted by atomic mass is 9.81. The van der Waals surface area contributed by atoms with E-state index in [0.29, 0.717) is 18.2 Å². The molecule has 0 radical (unpaired) electrons. The molecule has 0 unspecified atom stereocenters. The predicted molar refractivity (Wildman–Crippen MR) is 88.6 cm³/mol. The van der Waals surface area contributed by atoms with Gasteiger partial charge in [0.05, 0.1) is 12.8 Å². The topological polar surface area (TPSA) is 60.2 Å². The summed E-state index contributed by atoms with van der Waals surface area (Å²) in [7, 11) is 1.81. The fourth-order valence-electron chi connectivity index (χ4n) is 4.21. The van der Waals surface area contributed by atoms with Crippen molar-refractivity contribution in [1.82, 2.24) is 19.7 Å². The minimum atomic E-state index is 0.0735. The first-order chi connectivity index (χ1) is 11.7. The number of aromatic nitrogens is 3. The lowest BCUT2D eigenvalue weighted by molar-refractivity contribution is 0.0736. The van der Waals surface area contributed by atoms with Crippen LogP contribution in [0.1, 0.15) is 29.8 Å². The summed E-state index contributed by atoms with van der Waals surface area (Å²) in [5, 5.41) is 4.11. The highest BCUT2D eigenvalue weighted by Crippen LogP contribution is 2.49. The van der Waals surface area contributed by atoms with Gasteiger partial charge in [0.25, 0.3) is 5.91 Å². The first kappa shape index (κ1) is 15.2. The Morgan fingerprint density at radius 2 is 2.33 bits per heavy atom. The summed E-state index contributed by atoms with van der Waals surface area (Å²) in [6, 6.07) is 5.60. The molecule has 0 N–H and O–H groups in total. The van der Waals surface area contributed by atoms with Crippen molar-refractivity contribution >= 4 is 5.91 Å². The molecule has 1 amide bonds. The van der Waals surface area contributed by atoms with Gasteiger partial charge in [-0.3, -0.25) is 14.5 Å². The van der Waals surface area contributed by atoms with Crippen molar-refractivity contribution < 1.29 is 9.53 Å². The van der Waals surface area contributed by atoms with E-state index in [-0.39, 0.29) is 11.3 Å². The highest BCUT2D eigenvalue weighted by molar-refractivity contribution is 5.92. The average Bonchev–Trinajstić information content (AvgIpc) is 3.27. The molecule has 6 nitrogen and oxygen atoms in total. The second-order valence-electron chi connectivity index (χ2n) is 6.95. The monoisotopic (exact) mass is 326 g/mol. The molecule has 1 aliphatic carbocycles. The van der Waals surface area contributed by atoms with Gasteiger partial charge in [0.15, 0.2) is 0 Å². The van der Waals surface area contributed by atoms with Crippen LogP contribution in [0.2, 0.25) is 0 Å². The third-order valence-electron chi connectivity index (χ3n) is 5.53. The number of carbonyl (C=O) groups excluding carboxylic acids is 1. The summed E-state index contributed by atoms with van der Waals surface area (Å²) in [5.74, 6) is 1.39. The number of amides is 1. The molecule has 1 saturated carbocycles. The molecule has 2 fully saturated rings. The normalized spacial score (nSPS) is 25.7. The Bertz CT molecular complexity index is 730. The van der Waals surface area contributed by atoms with Crippen LogP contribution in [0.3, 0.4) is 0 Å². The summed E-state index contributed by atoms with van der Waals surface area (Å²) < 4.78 is 7.67. The smallest absolute Gasteiger partial charge is 0.272 e. The molecule has 2 aromatic rings. The van der Waals surface area contributed by atoms with Gasteiger partial charge in [-0.15, -0.1) is 0 Å². The van der Waals surface area contributed by atoms with Crippen LogP contribution in [0.5, 0.6) is 5.75 Å². The van der Waals surface area contributed by atoms with Gasteiger partial charge in [0, 0.05) is 37.9 Å². The second-order valence-corrected chi connectivity index (χ2v) is 6.95. The molecular formula is C18H22N4O2. The van der Waals surface area contributed by atoms with E-state index in [1.165, 1.54) is 12.8 Å². The van der Waals surface area contributed by atoms with Crippen LogP contribution in [0.25, 0.3) is 0 Å². The molecule has 2 atom stereocenters. The Kier molecular flexibility index (Phi) is 3.75. The number of rotatable bonds is 4. The maximum absolute atomic E-state index is 12.8. The van der Waals surface area contributed by atoms with Gasteiger partial charge in [-0.05, 0) is 37.0 Å². The fourth-order valence-corrected chi connectivity index (χ4v) is 4.21. The Labute approximate surface area is 141 Å². The number of pyridine rings is 1. The van der Waals surface area contributed by atoms with E-state index in [1.54, 1.807) is 29.3 Å². The summed E-state index contributed by atoms with van der Waals surface area (Å²) in [6.07, 6.45) is 8.67. The number of hydrogen-bond acceptors (Lipinski definition) is 4. The van der Waals surface area contributed by atoms with Crippen LogP contribution < -0.4 is 4.74 Å². The van der Waals surface area contributed by atoms with E-state index in [9.17, 15) is 4.79 Å². The molecule has 0 spiro atoms. The summed E-state index contributed by atoms with van der Waals surface area (Å²) in [4.78, 5) is 18.9. The van der Waals surface area contributed by atoms with E-state index in [1.807, 2.05) is 24.1 Å². The van der Waals surface area contributed by atoms with Crippen LogP contribution in [0.15, 0.2) is 36.8 Å². The molecule has 0 bridgehead atoms. The van der Waals surface area contributed by atoms with E-state index in [0.717, 1.165) is 25.3 Å². The highest BCUT2D eigenvalue weighted by atomic mass is 16.5. The molecule has 0 aromatic carbocycles. The van der Waals surface area contributed by atoms with Crippen molar-refractivity contribution in [3.63, 3.8) is 0 Å². The van der Waals surface area contributed by atoms with Gasteiger partial charge in [0.2, 0.25) is 0 Å². The van der Waals surface area contributed by atoms with Gasteiger partial charge in [-0.2, -0.15) is 5.10 Å². The molecule has 4 rings (SSSR count). The second kappa shape index (κ2) is 5.92. The Morgan fingerprint density at radius 3 is 3.08 bits per heavy atom. The maximum Gasteiger partial charge on any atom is 0.272 e. The number of aryl methyl sites for hydroxylation is 1. The zero-order valence-corrected chi connectivity index (χ0v) is 13.9. The van der Waals surface area contributed by atoms with Crippen molar-refractivity contribution in [1.29, 1.82) is 0 Å². The number of likely N-dealkylation sites (tertiary alicyclic amines) is 1. The first-order valence-electron chi connectivity index (χ1n) is 8.48. The summed E-state index contributed by atoms with van der Waals surface area (Å²) in [6.45, 7) is 2.24. The highest BCUT2D eigenvalue weighted by Gasteiger charge is 2.51. The predicted octanol–water partition coefficient (Wildman–Crippen LogP) is 2.14. The lowest BCUT2D eigenvalue weighted by Gasteiger charge is -2.28. The van der Waals surface area contributed by atoms with Crippen LogP contribution in [0, 0.1) is 11.3 Å². The minimum absolute atomic E-state index is 0.0735. The maximum atomic E-state index is 12.8. The van der Waals surface area contributed by atoms with Gasteiger partial charge in [-0.1, -0.05) is 6.42 Å². The molecule has 126 valence electrons. The molecule has 1 aliphatic heterocycles. The number of ether oxygens (including phenoxy) is 1. The van der Waals surface area contributed by atoms with Crippen molar-refractivity contribution in [2.24, 2.45) is 18.4 Å². The average molecular weight is 326 g/mol.